The number of aromatic nitrogens is 2. The maximum absolute atomic E-state index is 12.8. The quantitative estimate of drug-likeness (QED) is 0.802. The molecule has 7 nitrogen and oxygen atoms in total. The molecule has 0 aliphatic carbocycles. The highest BCUT2D eigenvalue weighted by molar-refractivity contribution is 5.91. The highest BCUT2D eigenvalue weighted by Gasteiger charge is 2.45. The Bertz CT molecular complexity index is 905. The highest BCUT2D eigenvalue weighted by atomic mass is 16.2. The van der Waals surface area contributed by atoms with Gasteiger partial charge in [0.05, 0.1) is 18.1 Å². The monoisotopic (exact) mass is 395 g/mol. The summed E-state index contributed by atoms with van der Waals surface area (Å²) in [6, 6.07) is 8.60. The van der Waals surface area contributed by atoms with E-state index < -0.39 is 0 Å². The molecule has 3 heterocycles. The summed E-state index contributed by atoms with van der Waals surface area (Å²) in [6.45, 7) is 8.37. The van der Waals surface area contributed by atoms with Crippen molar-refractivity contribution in [3.8, 4) is 0 Å². The Morgan fingerprint density at radius 1 is 1.21 bits per heavy atom. The second-order valence-corrected chi connectivity index (χ2v) is 8.62. The number of benzene rings is 1. The van der Waals surface area contributed by atoms with Crippen LogP contribution in [0.1, 0.15) is 30.9 Å². The number of aryl methyl sites for hydroxylation is 1. The first kappa shape index (κ1) is 19.6. The lowest BCUT2D eigenvalue weighted by atomic mass is 9.72. The van der Waals surface area contributed by atoms with Gasteiger partial charge in [-0.3, -0.25) is 9.69 Å². The minimum atomic E-state index is -0.112. The Morgan fingerprint density at radius 3 is 2.59 bits per heavy atom. The number of piperidine rings is 1. The van der Waals surface area contributed by atoms with Crippen LogP contribution in [0.3, 0.4) is 0 Å². The normalized spacial score (nSPS) is 18.5. The third kappa shape index (κ3) is 4.05. The molecule has 2 amide bonds. The lowest BCUT2D eigenvalue weighted by Crippen LogP contribution is -2.60. The molecule has 0 bridgehead atoms. The van der Waals surface area contributed by atoms with Crippen molar-refractivity contribution < 1.29 is 9.59 Å². The van der Waals surface area contributed by atoms with Crippen molar-refractivity contribution in [3.05, 3.63) is 47.8 Å². The average molecular weight is 396 g/mol. The molecule has 0 atom stereocenters. The van der Waals surface area contributed by atoms with E-state index in [4.69, 9.17) is 0 Å². The van der Waals surface area contributed by atoms with E-state index in [1.807, 2.05) is 4.90 Å². The van der Waals surface area contributed by atoms with Crippen molar-refractivity contribution in [1.82, 2.24) is 19.6 Å². The summed E-state index contributed by atoms with van der Waals surface area (Å²) in [4.78, 5) is 30.1. The number of carbonyl (C=O) groups excluding carboxylic acids is 2. The van der Waals surface area contributed by atoms with E-state index in [1.54, 1.807) is 19.4 Å². The molecule has 2 saturated heterocycles. The van der Waals surface area contributed by atoms with Gasteiger partial charge >= 0.3 is 6.03 Å². The first-order chi connectivity index (χ1) is 13.8. The fraction of sp³-hybridized carbons (Fsp3) is 0.500. The Balaban J connectivity index is 1.29. The van der Waals surface area contributed by atoms with Gasteiger partial charge in [0.1, 0.15) is 0 Å². The van der Waals surface area contributed by atoms with Crippen molar-refractivity contribution in [2.75, 3.05) is 38.1 Å². The SMILES string of the molecule is CC(=O)N(C)c1cnn(C(=O)N2CCC3(CC2)CN(Cc2cccc(C)c2)C3)c1. The zero-order valence-electron chi connectivity index (χ0n) is 17.5. The number of anilines is 1. The summed E-state index contributed by atoms with van der Waals surface area (Å²) in [7, 11) is 1.68. The lowest BCUT2D eigenvalue weighted by molar-refractivity contribution is -0.116. The molecule has 2 aliphatic rings. The van der Waals surface area contributed by atoms with E-state index in [1.165, 1.54) is 27.6 Å². The largest absolute Gasteiger partial charge is 0.344 e. The molecule has 4 rings (SSSR count). The average Bonchev–Trinajstić information content (AvgIpc) is 3.16. The molecule has 1 aromatic heterocycles. The third-order valence-corrected chi connectivity index (χ3v) is 6.33. The molecule has 7 heteroatoms. The van der Waals surface area contributed by atoms with Crippen molar-refractivity contribution in [3.63, 3.8) is 0 Å². The standard InChI is InChI=1S/C22H29N5O2/c1-17-5-4-6-19(11-17)13-25-15-22(16-25)7-9-26(10-8-22)21(29)27-14-20(12-23-27)24(3)18(2)28/h4-6,11-12,14H,7-10,13,15-16H2,1-3H3. The van der Waals surface area contributed by atoms with E-state index >= 15 is 0 Å². The summed E-state index contributed by atoms with van der Waals surface area (Å²) >= 11 is 0. The minimum absolute atomic E-state index is 0.0860. The van der Waals surface area contributed by atoms with Crippen LogP contribution in [0.5, 0.6) is 0 Å². The van der Waals surface area contributed by atoms with Crippen LogP contribution in [0.15, 0.2) is 36.7 Å². The van der Waals surface area contributed by atoms with Crippen molar-refractivity contribution in [2.45, 2.75) is 33.2 Å². The molecule has 154 valence electrons. The van der Waals surface area contributed by atoms with E-state index in [9.17, 15) is 9.59 Å². The van der Waals surface area contributed by atoms with Crippen LogP contribution in [0, 0.1) is 12.3 Å². The minimum Gasteiger partial charge on any atom is -0.323 e. The van der Waals surface area contributed by atoms with Crippen LogP contribution in [0.4, 0.5) is 10.5 Å². The summed E-state index contributed by atoms with van der Waals surface area (Å²) < 4.78 is 1.34. The summed E-state index contributed by atoms with van der Waals surface area (Å²) in [5.41, 5.74) is 3.66. The van der Waals surface area contributed by atoms with Crippen LogP contribution in [-0.2, 0) is 11.3 Å². The van der Waals surface area contributed by atoms with Gasteiger partial charge in [0, 0.05) is 46.7 Å². The number of amides is 2. The molecule has 1 aromatic carbocycles. The summed E-state index contributed by atoms with van der Waals surface area (Å²) in [5, 5.41) is 4.15. The Kier molecular flexibility index (Phi) is 5.17. The van der Waals surface area contributed by atoms with Gasteiger partial charge < -0.3 is 9.80 Å². The number of rotatable bonds is 3. The predicted molar refractivity (Wildman–Crippen MR) is 112 cm³/mol. The molecule has 0 radical (unpaired) electrons. The highest BCUT2D eigenvalue weighted by Crippen LogP contribution is 2.41. The molecular formula is C22H29N5O2. The smallest absolute Gasteiger partial charge is 0.323 e. The lowest BCUT2D eigenvalue weighted by Gasteiger charge is -2.54. The summed E-state index contributed by atoms with van der Waals surface area (Å²) in [6.07, 6.45) is 5.25. The fourth-order valence-corrected chi connectivity index (χ4v) is 4.49. The van der Waals surface area contributed by atoms with E-state index in [0.29, 0.717) is 11.1 Å². The number of nitrogens with zero attached hydrogens (tertiary/aromatic N) is 5. The number of carbonyl (C=O) groups is 2. The molecular weight excluding hydrogens is 366 g/mol. The molecule has 1 spiro atoms. The van der Waals surface area contributed by atoms with Gasteiger partial charge in [-0.15, -0.1) is 0 Å². The Morgan fingerprint density at radius 2 is 1.93 bits per heavy atom. The number of likely N-dealkylation sites (tertiary alicyclic amines) is 2. The van der Waals surface area contributed by atoms with Crippen LogP contribution >= 0.6 is 0 Å². The zero-order valence-corrected chi connectivity index (χ0v) is 17.5. The number of hydrogen-bond acceptors (Lipinski definition) is 4. The number of hydrogen-bond donors (Lipinski definition) is 0. The molecule has 0 N–H and O–H groups in total. The topological polar surface area (TPSA) is 61.7 Å². The molecule has 2 aliphatic heterocycles. The molecule has 0 saturated carbocycles. The van der Waals surface area contributed by atoms with Crippen molar-refractivity contribution in [2.24, 2.45) is 5.41 Å². The second-order valence-electron chi connectivity index (χ2n) is 8.62. The van der Waals surface area contributed by atoms with E-state index in [2.05, 4.69) is 41.2 Å². The first-order valence-corrected chi connectivity index (χ1v) is 10.2. The Hall–Kier alpha value is -2.67. The molecule has 2 fully saturated rings. The third-order valence-electron chi connectivity index (χ3n) is 6.33. The van der Waals surface area contributed by atoms with Gasteiger partial charge in [0.15, 0.2) is 0 Å². The van der Waals surface area contributed by atoms with Gasteiger partial charge in [-0.2, -0.15) is 9.78 Å². The second kappa shape index (κ2) is 7.63. The van der Waals surface area contributed by atoms with Crippen LogP contribution in [-0.4, -0.2) is 64.7 Å². The maximum Gasteiger partial charge on any atom is 0.344 e. The van der Waals surface area contributed by atoms with E-state index in [0.717, 1.165) is 45.6 Å². The van der Waals surface area contributed by atoms with Crippen molar-refractivity contribution >= 4 is 17.6 Å². The molecule has 2 aromatic rings. The predicted octanol–water partition coefficient (Wildman–Crippen LogP) is 2.74. The first-order valence-electron chi connectivity index (χ1n) is 10.2. The molecule has 29 heavy (non-hydrogen) atoms. The van der Waals surface area contributed by atoms with Crippen LogP contribution in [0.2, 0.25) is 0 Å². The fourth-order valence-electron chi connectivity index (χ4n) is 4.49. The van der Waals surface area contributed by atoms with Crippen LogP contribution in [0.25, 0.3) is 0 Å². The van der Waals surface area contributed by atoms with Gasteiger partial charge in [-0.05, 0) is 30.7 Å². The Labute approximate surface area is 171 Å². The van der Waals surface area contributed by atoms with Gasteiger partial charge in [0.2, 0.25) is 5.91 Å². The van der Waals surface area contributed by atoms with Crippen molar-refractivity contribution in [1.29, 1.82) is 0 Å². The maximum atomic E-state index is 12.8. The van der Waals surface area contributed by atoms with Gasteiger partial charge in [-0.25, -0.2) is 4.79 Å². The zero-order chi connectivity index (χ0) is 20.6. The molecule has 0 unspecified atom stereocenters. The van der Waals surface area contributed by atoms with E-state index in [-0.39, 0.29) is 11.9 Å². The van der Waals surface area contributed by atoms with Gasteiger partial charge in [0.25, 0.3) is 0 Å². The summed E-state index contributed by atoms with van der Waals surface area (Å²) in [5.74, 6) is -0.0860. The van der Waals surface area contributed by atoms with Gasteiger partial charge in [-0.1, -0.05) is 29.8 Å². The van der Waals surface area contributed by atoms with Crippen LogP contribution < -0.4 is 4.90 Å².